The van der Waals surface area contributed by atoms with E-state index in [1.165, 1.54) is 6.42 Å². The quantitative estimate of drug-likeness (QED) is 0.717. The molecular formula is C11H18BrNO2. The summed E-state index contributed by atoms with van der Waals surface area (Å²) in [7, 11) is 0. The SMILES string of the molecule is OCCCCCCNCc1ccc(Br)o1. The first kappa shape index (κ1) is 12.7. The van der Waals surface area contributed by atoms with E-state index in [-0.39, 0.29) is 0 Å². The van der Waals surface area contributed by atoms with Crippen LogP contribution in [-0.2, 0) is 6.54 Å². The average Bonchev–Trinajstić information content (AvgIpc) is 2.63. The van der Waals surface area contributed by atoms with Crippen molar-refractivity contribution in [2.45, 2.75) is 32.2 Å². The second-order valence-corrected chi connectivity index (χ2v) is 4.30. The van der Waals surface area contributed by atoms with Crippen molar-refractivity contribution in [3.8, 4) is 0 Å². The van der Waals surface area contributed by atoms with E-state index in [0.29, 0.717) is 6.61 Å². The molecule has 0 bridgehead atoms. The van der Waals surface area contributed by atoms with Crippen molar-refractivity contribution in [3.63, 3.8) is 0 Å². The van der Waals surface area contributed by atoms with Gasteiger partial charge in [-0.05, 0) is 47.4 Å². The number of unbranched alkanes of at least 4 members (excludes halogenated alkanes) is 3. The Bertz CT molecular complexity index is 263. The molecule has 0 aliphatic rings. The molecule has 1 aromatic heterocycles. The fourth-order valence-electron chi connectivity index (χ4n) is 1.37. The molecule has 0 unspecified atom stereocenters. The Morgan fingerprint density at radius 2 is 2.00 bits per heavy atom. The highest BCUT2D eigenvalue weighted by Crippen LogP contribution is 2.13. The van der Waals surface area contributed by atoms with Crippen LogP contribution in [0.2, 0.25) is 0 Å². The number of aliphatic hydroxyl groups is 1. The van der Waals surface area contributed by atoms with Gasteiger partial charge in [-0.25, -0.2) is 0 Å². The molecule has 0 saturated carbocycles. The summed E-state index contributed by atoms with van der Waals surface area (Å²) in [5.41, 5.74) is 0. The van der Waals surface area contributed by atoms with Gasteiger partial charge in [-0.3, -0.25) is 0 Å². The largest absolute Gasteiger partial charge is 0.453 e. The predicted molar refractivity (Wildman–Crippen MR) is 63.7 cm³/mol. The summed E-state index contributed by atoms with van der Waals surface area (Å²) >= 11 is 3.27. The van der Waals surface area contributed by atoms with Crippen LogP contribution in [-0.4, -0.2) is 18.3 Å². The maximum absolute atomic E-state index is 8.59. The second kappa shape index (κ2) is 7.91. The van der Waals surface area contributed by atoms with Gasteiger partial charge < -0.3 is 14.8 Å². The van der Waals surface area contributed by atoms with Crippen LogP contribution in [0, 0.1) is 0 Å². The molecule has 0 aliphatic carbocycles. The summed E-state index contributed by atoms with van der Waals surface area (Å²) in [4.78, 5) is 0. The number of aliphatic hydroxyl groups excluding tert-OH is 1. The Morgan fingerprint density at radius 3 is 2.67 bits per heavy atom. The summed E-state index contributed by atoms with van der Waals surface area (Å²) in [5.74, 6) is 0.956. The van der Waals surface area contributed by atoms with Crippen LogP contribution >= 0.6 is 15.9 Å². The van der Waals surface area contributed by atoms with Gasteiger partial charge in [0.1, 0.15) is 5.76 Å². The molecule has 4 heteroatoms. The molecule has 86 valence electrons. The number of halogens is 1. The molecule has 0 fully saturated rings. The van der Waals surface area contributed by atoms with Crippen molar-refractivity contribution in [2.24, 2.45) is 0 Å². The summed E-state index contributed by atoms with van der Waals surface area (Å²) < 4.78 is 6.13. The number of hydrogen-bond acceptors (Lipinski definition) is 3. The fraction of sp³-hybridized carbons (Fsp3) is 0.636. The van der Waals surface area contributed by atoms with Gasteiger partial charge in [0.05, 0.1) is 6.54 Å². The monoisotopic (exact) mass is 275 g/mol. The van der Waals surface area contributed by atoms with E-state index in [9.17, 15) is 0 Å². The lowest BCUT2D eigenvalue weighted by molar-refractivity contribution is 0.282. The molecule has 0 saturated heterocycles. The minimum atomic E-state index is 0.313. The van der Waals surface area contributed by atoms with Gasteiger partial charge in [0.2, 0.25) is 0 Å². The second-order valence-electron chi connectivity index (χ2n) is 3.52. The smallest absolute Gasteiger partial charge is 0.169 e. The van der Waals surface area contributed by atoms with Gasteiger partial charge in [0, 0.05) is 6.61 Å². The van der Waals surface area contributed by atoms with Gasteiger partial charge in [-0.2, -0.15) is 0 Å². The molecule has 0 amide bonds. The van der Waals surface area contributed by atoms with Crippen molar-refractivity contribution in [2.75, 3.05) is 13.2 Å². The van der Waals surface area contributed by atoms with Crippen molar-refractivity contribution in [1.29, 1.82) is 0 Å². The fourth-order valence-corrected chi connectivity index (χ4v) is 1.71. The maximum Gasteiger partial charge on any atom is 0.169 e. The Balaban J connectivity index is 1.93. The third-order valence-corrected chi connectivity index (χ3v) is 2.62. The van der Waals surface area contributed by atoms with Gasteiger partial charge >= 0.3 is 0 Å². The van der Waals surface area contributed by atoms with Crippen molar-refractivity contribution in [3.05, 3.63) is 22.6 Å². The van der Waals surface area contributed by atoms with Gasteiger partial charge in [-0.15, -0.1) is 0 Å². The molecule has 15 heavy (non-hydrogen) atoms. The molecule has 0 aromatic carbocycles. The third-order valence-electron chi connectivity index (χ3n) is 2.19. The van der Waals surface area contributed by atoms with Gasteiger partial charge in [-0.1, -0.05) is 12.8 Å². The minimum Gasteiger partial charge on any atom is -0.453 e. The Morgan fingerprint density at radius 1 is 1.20 bits per heavy atom. The lowest BCUT2D eigenvalue weighted by atomic mass is 10.2. The van der Waals surface area contributed by atoms with Crippen LogP contribution in [0.1, 0.15) is 31.4 Å². The zero-order chi connectivity index (χ0) is 10.9. The van der Waals surface area contributed by atoms with E-state index in [1.54, 1.807) is 0 Å². The summed E-state index contributed by atoms with van der Waals surface area (Å²) in [6.07, 6.45) is 4.37. The average molecular weight is 276 g/mol. The normalized spacial score (nSPS) is 10.8. The highest BCUT2D eigenvalue weighted by molar-refractivity contribution is 9.10. The standard InChI is InChI=1S/C11H18BrNO2/c12-11-6-5-10(15-11)9-13-7-3-1-2-4-8-14/h5-6,13-14H,1-4,7-9H2. The van der Waals surface area contributed by atoms with E-state index in [4.69, 9.17) is 9.52 Å². The number of furan rings is 1. The van der Waals surface area contributed by atoms with Gasteiger partial charge in [0.15, 0.2) is 4.67 Å². The topological polar surface area (TPSA) is 45.4 Å². The molecule has 2 N–H and O–H groups in total. The predicted octanol–water partition coefficient (Wildman–Crippen LogP) is 2.68. The van der Waals surface area contributed by atoms with E-state index in [2.05, 4.69) is 21.2 Å². The first-order chi connectivity index (χ1) is 7.33. The summed E-state index contributed by atoms with van der Waals surface area (Å²) in [6.45, 7) is 2.10. The molecule has 0 spiro atoms. The van der Waals surface area contributed by atoms with Crippen LogP contribution in [0.15, 0.2) is 21.2 Å². The third kappa shape index (κ3) is 5.97. The number of nitrogens with one attached hydrogen (secondary N) is 1. The summed E-state index contributed by atoms with van der Waals surface area (Å²) in [6, 6.07) is 3.86. The Labute approximate surface area is 99.0 Å². The molecular weight excluding hydrogens is 258 g/mol. The van der Waals surface area contributed by atoms with Crippen LogP contribution < -0.4 is 5.32 Å². The van der Waals surface area contributed by atoms with Crippen molar-refractivity contribution >= 4 is 15.9 Å². The highest BCUT2D eigenvalue weighted by Gasteiger charge is 1.97. The number of hydrogen-bond donors (Lipinski definition) is 2. The van der Waals surface area contributed by atoms with Crippen LogP contribution in [0.25, 0.3) is 0 Å². The number of rotatable bonds is 8. The summed E-state index contributed by atoms with van der Waals surface area (Å²) in [5, 5.41) is 11.9. The lowest BCUT2D eigenvalue weighted by Crippen LogP contribution is -2.14. The highest BCUT2D eigenvalue weighted by atomic mass is 79.9. The molecule has 1 heterocycles. The molecule has 1 aromatic rings. The van der Waals surface area contributed by atoms with Crippen molar-refractivity contribution in [1.82, 2.24) is 5.32 Å². The van der Waals surface area contributed by atoms with Gasteiger partial charge in [0.25, 0.3) is 0 Å². The van der Waals surface area contributed by atoms with E-state index < -0.39 is 0 Å². The Kier molecular flexibility index (Phi) is 6.72. The van der Waals surface area contributed by atoms with E-state index in [1.807, 2.05) is 12.1 Å². The first-order valence-electron chi connectivity index (χ1n) is 5.38. The molecule has 0 aliphatic heterocycles. The molecule has 3 nitrogen and oxygen atoms in total. The lowest BCUT2D eigenvalue weighted by Gasteiger charge is -2.02. The zero-order valence-electron chi connectivity index (χ0n) is 8.84. The zero-order valence-corrected chi connectivity index (χ0v) is 10.4. The van der Waals surface area contributed by atoms with E-state index >= 15 is 0 Å². The molecule has 0 radical (unpaired) electrons. The minimum absolute atomic E-state index is 0.313. The van der Waals surface area contributed by atoms with Crippen LogP contribution in [0.5, 0.6) is 0 Å². The van der Waals surface area contributed by atoms with E-state index in [0.717, 1.165) is 42.8 Å². The maximum atomic E-state index is 8.59. The molecule has 1 rings (SSSR count). The van der Waals surface area contributed by atoms with Crippen LogP contribution in [0.4, 0.5) is 0 Å². The van der Waals surface area contributed by atoms with Crippen molar-refractivity contribution < 1.29 is 9.52 Å². The molecule has 0 atom stereocenters. The van der Waals surface area contributed by atoms with Crippen LogP contribution in [0.3, 0.4) is 0 Å². The first-order valence-corrected chi connectivity index (χ1v) is 6.18. The Hall–Kier alpha value is -0.320.